The lowest BCUT2D eigenvalue weighted by Gasteiger charge is -2.19. The predicted octanol–water partition coefficient (Wildman–Crippen LogP) is 7.64. The molecule has 0 aliphatic carbocycles. The van der Waals surface area contributed by atoms with Crippen LogP contribution in [0.25, 0.3) is 10.8 Å². The summed E-state index contributed by atoms with van der Waals surface area (Å²) in [5, 5.41) is 5.94. The van der Waals surface area contributed by atoms with Crippen LogP contribution in [0.5, 0.6) is 0 Å². The van der Waals surface area contributed by atoms with E-state index >= 15 is 0 Å². The first-order valence-electron chi connectivity index (χ1n) is 11.7. The SMILES string of the molecule is Fc1ccc(C2NC(=NCCCc3ccc(C(F)(F)F)cc3)SC2c2ccc3cnccc3c2)cc1F. The van der Waals surface area contributed by atoms with Crippen molar-refractivity contribution < 1.29 is 22.0 Å². The van der Waals surface area contributed by atoms with Crippen molar-refractivity contribution in [2.24, 2.45) is 4.99 Å². The predicted molar refractivity (Wildman–Crippen MR) is 136 cm³/mol. The van der Waals surface area contributed by atoms with E-state index in [-0.39, 0.29) is 11.3 Å². The Morgan fingerprint density at radius 3 is 2.41 bits per heavy atom. The highest BCUT2D eigenvalue weighted by Gasteiger charge is 2.35. The van der Waals surface area contributed by atoms with Gasteiger partial charge in [0.1, 0.15) is 0 Å². The zero-order valence-electron chi connectivity index (χ0n) is 19.5. The van der Waals surface area contributed by atoms with E-state index in [1.165, 1.54) is 30.0 Å². The number of nitrogens with one attached hydrogen (secondary N) is 1. The van der Waals surface area contributed by atoms with Gasteiger partial charge in [0.2, 0.25) is 0 Å². The van der Waals surface area contributed by atoms with E-state index in [9.17, 15) is 22.0 Å². The van der Waals surface area contributed by atoms with Crippen molar-refractivity contribution in [1.82, 2.24) is 10.3 Å². The molecule has 3 aromatic carbocycles. The van der Waals surface area contributed by atoms with Crippen molar-refractivity contribution in [1.29, 1.82) is 0 Å². The van der Waals surface area contributed by atoms with E-state index in [0.29, 0.717) is 30.1 Å². The van der Waals surface area contributed by atoms with E-state index in [0.717, 1.165) is 40.1 Å². The molecule has 0 amide bonds. The standard InChI is InChI=1S/C28H22F5N3S/c29-23-10-7-19(15-24(23)30)25-26(20-5-6-21-16-34-13-11-18(21)14-20)37-27(36-25)35-12-1-2-17-3-8-22(9-4-17)28(31,32)33/h3-11,13-16,25-26H,1-2,12H2,(H,35,36). The van der Waals surface area contributed by atoms with Crippen LogP contribution >= 0.6 is 11.8 Å². The number of thioether (sulfide) groups is 1. The number of hydrogen-bond acceptors (Lipinski definition) is 3. The number of halogens is 5. The van der Waals surface area contributed by atoms with Gasteiger partial charge in [0.05, 0.1) is 16.9 Å². The molecule has 1 aliphatic heterocycles. The zero-order valence-corrected chi connectivity index (χ0v) is 20.3. The Balaban J connectivity index is 1.32. The third kappa shape index (κ3) is 5.77. The van der Waals surface area contributed by atoms with Crippen LogP contribution in [-0.2, 0) is 12.6 Å². The second-order valence-electron chi connectivity index (χ2n) is 8.80. The molecule has 0 radical (unpaired) electrons. The van der Waals surface area contributed by atoms with Crippen molar-refractivity contribution >= 4 is 27.7 Å². The van der Waals surface area contributed by atoms with Gasteiger partial charge in [0.15, 0.2) is 16.8 Å². The van der Waals surface area contributed by atoms with Gasteiger partial charge in [-0.1, -0.05) is 42.1 Å². The third-order valence-corrected chi connectivity index (χ3v) is 7.54. The van der Waals surface area contributed by atoms with Crippen molar-refractivity contribution in [3.8, 4) is 0 Å². The highest BCUT2D eigenvalue weighted by molar-refractivity contribution is 8.14. The molecule has 1 aliphatic rings. The lowest BCUT2D eigenvalue weighted by Crippen LogP contribution is -2.21. The van der Waals surface area contributed by atoms with Crippen LogP contribution in [0.2, 0.25) is 0 Å². The Hall–Kier alpha value is -3.46. The largest absolute Gasteiger partial charge is 0.416 e. The smallest absolute Gasteiger partial charge is 0.357 e. The Bertz CT molecular complexity index is 1440. The molecule has 0 saturated carbocycles. The van der Waals surface area contributed by atoms with E-state index in [1.54, 1.807) is 18.5 Å². The van der Waals surface area contributed by atoms with Crippen LogP contribution in [-0.4, -0.2) is 16.7 Å². The highest BCUT2D eigenvalue weighted by atomic mass is 32.2. The normalized spacial score (nSPS) is 18.9. The number of hydrogen-bond donors (Lipinski definition) is 1. The molecule has 0 spiro atoms. The monoisotopic (exact) mass is 527 g/mol. The first kappa shape index (κ1) is 25.2. The Labute approximate surface area is 214 Å². The molecule has 2 atom stereocenters. The average Bonchev–Trinajstić information content (AvgIpc) is 3.32. The molecule has 1 aromatic heterocycles. The number of nitrogens with zero attached hydrogens (tertiary/aromatic N) is 2. The van der Waals surface area contributed by atoms with Crippen molar-refractivity contribution in [3.63, 3.8) is 0 Å². The lowest BCUT2D eigenvalue weighted by molar-refractivity contribution is -0.137. The number of aromatic nitrogens is 1. The Morgan fingerprint density at radius 2 is 1.65 bits per heavy atom. The van der Waals surface area contributed by atoms with E-state index in [2.05, 4.69) is 21.4 Å². The number of amidine groups is 1. The molecule has 1 N–H and O–H groups in total. The summed E-state index contributed by atoms with van der Waals surface area (Å²) in [7, 11) is 0. The van der Waals surface area contributed by atoms with E-state index in [4.69, 9.17) is 0 Å². The summed E-state index contributed by atoms with van der Waals surface area (Å²) in [4.78, 5) is 8.81. The van der Waals surface area contributed by atoms with Crippen LogP contribution in [0, 0.1) is 11.6 Å². The molecular weight excluding hydrogens is 505 g/mol. The molecule has 0 bridgehead atoms. The van der Waals surface area contributed by atoms with Crippen LogP contribution in [0.3, 0.4) is 0 Å². The van der Waals surface area contributed by atoms with Crippen molar-refractivity contribution in [2.75, 3.05) is 6.54 Å². The zero-order chi connectivity index (χ0) is 26.0. The summed E-state index contributed by atoms with van der Waals surface area (Å²) in [6.07, 6.45) is 0.408. The molecule has 2 heterocycles. The quantitative estimate of drug-likeness (QED) is 0.207. The van der Waals surface area contributed by atoms with Crippen LogP contribution < -0.4 is 5.32 Å². The molecule has 5 rings (SSSR count). The number of fused-ring (bicyclic) bond motifs is 1. The molecule has 3 nitrogen and oxygen atoms in total. The molecule has 37 heavy (non-hydrogen) atoms. The number of aliphatic imine (C=N–C) groups is 1. The van der Waals surface area contributed by atoms with Crippen LogP contribution in [0.1, 0.15) is 40.0 Å². The minimum atomic E-state index is -4.35. The maximum Gasteiger partial charge on any atom is 0.416 e. The van der Waals surface area contributed by atoms with Gasteiger partial charge in [0, 0.05) is 24.3 Å². The number of pyridine rings is 1. The molecule has 9 heteroatoms. The van der Waals surface area contributed by atoms with Gasteiger partial charge in [-0.05, 0) is 71.3 Å². The second-order valence-corrected chi connectivity index (χ2v) is 9.93. The van der Waals surface area contributed by atoms with Crippen LogP contribution in [0.15, 0.2) is 84.1 Å². The molecule has 2 unspecified atom stereocenters. The van der Waals surface area contributed by atoms with E-state index < -0.39 is 23.4 Å². The maximum atomic E-state index is 14.1. The summed E-state index contributed by atoms with van der Waals surface area (Å²) < 4.78 is 65.9. The van der Waals surface area contributed by atoms with Crippen LogP contribution in [0.4, 0.5) is 22.0 Å². The molecule has 190 valence electrons. The van der Waals surface area contributed by atoms with Gasteiger partial charge >= 0.3 is 6.18 Å². The fourth-order valence-electron chi connectivity index (χ4n) is 4.34. The third-order valence-electron chi connectivity index (χ3n) is 6.28. The average molecular weight is 528 g/mol. The second kappa shape index (κ2) is 10.5. The van der Waals surface area contributed by atoms with Crippen molar-refractivity contribution in [3.05, 3.63) is 113 Å². The Kier molecular flexibility index (Phi) is 7.15. The van der Waals surface area contributed by atoms with Gasteiger partial charge in [-0.3, -0.25) is 9.98 Å². The molecule has 1 saturated heterocycles. The summed E-state index contributed by atoms with van der Waals surface area (Å²) in [6, 6.07) is 16.7. The first-order valence-corrected chi connectivity index (χ1v) is 12.6. The molecule has 1 fully saturated rings. The fourth-order valence-corrected chi connectivity index (χ4v) is 5.59. The van der Waals surface area contributed by atoms with Gasteiger partial charge in [0.25, 0.3) is 0 Å². The summed E-state index contributed by atoms with van der Waals surface area (Å²) in [5.74, 6) is -1.81. The molecular formula is C28H22F5N3S. The first-order chi connectivity index (χ1) is 17.8. The topological polar surface area (TPSA) is 37.3 Å². The number of alkyl halides is 3. The summed E-state index contributed by atoms with van der Waals surface area (Å²) in [6.45, 7) is 0.469. The maximum absolute atomic E-state index is 14.1. The number of rotatable bonds is 6. The lowest BCUT2D eigenvalue weighted by atomic mass is 9.97. The van der Waals surface area contributed by atoms with Gasteiger partial charge in [-0.2, -0.15) is 13.2 Å². The van der Waals surface area contributed by atoms with Gasteiger partial charge in [-0.15, -0.1) is 0 Å². The highest BCUT2D eigenvalue weighted by Crippen LogP contribution is 2.46. The number of aryl methyl sites for hydroxylation is 1. The molecule has 4 aromatic rings. The Morgan fingerprint density at radius 1 is 0.865 bits per heavy atom. The number of benzene rings is 3. The van der Waals surface area contributed by atoms with Gasteiger partial charge in [-0.25, -0.2) is 8.78 Å². The van der Waals surface area contributed by atoms with Crippen molar-refractivity contribution in [2.45, 2.75) is 30.3 Å². The van der Waals surface area contributed by atoms with E-state index in [1.807, 2.05) is 18.2 Å². The minimum Gasteiger partial charge on any atom is -0.357 e. The fraction of sp³-hybridized carbons (Fsp3) is 0.214. The minimum absolute atomic E-state index is 0.129. The summed E-state index contributed by atoms with van der Waals surface area (Å²) >= 11 is 1.52. The van der Waals surface area contributed by atoms with Gasteiger partial charge < -0.3 is 5.32 Å². The summed E-state index contributed by atoms with van der Waals surface area (Å²) in [5.41, 5.74) is 1.77.